The van der Waals surface area contributed by atoms with E-state index in [0.717, 1.165) is 9.87 Å². The number of benzene rings is 3. The number of nitrogens with one attached hydrogen (secondary N) is 1. The Bertz CT molecular complexity index is 1520. The molecular weight excluding hydrogens is 601 g/mol. The summed E-state index contributed by atoms with van der Waals surface area (Å²) in [6, 6.07) is 18.1. The van der Waals surface area contributed by atoms with Crippen LogP contribution in [0.15, 0.2) is 66.7 Å². The Labute approximate surface area is 256 Å². The fourth-order valence-corrected chi connectivity index (χ4v) is 5.89. The molecule has 3 aromatic carbocycles. The molecular formula is C30H33Cl2N3O6S. The summed E-state index contributed by atoms with van der Waals surface area (Å²) >= 11 is 12.4. The molecule has 0 saturated carbocycles. The molecule has 0 fully saturated rings. The summed E-state index contributed by atoms with van der Waals surface area (Å²) < 4.78 is 38.5. The molecule has 3 aromatic rings. The van der Waals surface area contributed by atoms with Crippen molar-refractivity contribution in [3.63, 3.8) is 0 Å². The zero-order valence-electron chi connectivity index (χ0n) is 23.4. The summed E-state index contributed by atoms with van der Waals surface area (Å²) in [5.41, 5.74) is 1.72. The first-order valence-corrected chi connectivity index (χ1v) is 15.9. The van der Waals surface area contributed by atoms with Gasteiger partial charge < -0.3 is 19.7 Å². The minimum Gasteiger partial charge on any atom is -0.454 e. The summed E-state index contributed by atoms with van der Waals surface area (Å²) in [4.78, 5) is 29.2. The number of amides is 2. The van der Waals surface area contributed by atoms with E-state index in [2.05, 4.69) is 5.32 Å². The molecule has 0 saturated heterocycles. The Morgan fingerprint density at radius 1 is 0.929 bits per heavy atom. The third kappa shape index (κ3) is 7.67. The van der Waals surface area contributed by atoms with Gasteiger partial charge in [-0.25, -0.2) is 8.42 Å². The Morgan fingerprint density at radius 3 is 2.36 bits per heavy atom. The first-order valence-electron chi connectivity index (χ1n) is 13.6. The van der Waals surface area contributed by atoms with Crippen molar-refractivity contribution in [1.82, 2.24) is 10.2 Å². The maximum Gasteiger partial charge on any atom is 0.244 e. The van der Waals surface area contributed by atoms with Gasteiger partial charge in [-0.15, -0.1) is 0 Å². The van der Waals surface area contributed by atoms with Crippen LogP contribution in [0.5, 0.6) is 11.5 Å². The number of nitrogens with zero attached hydrogens (tertiary/aromatic N) is 2. The van der Waals surface area contributed by atoms with Gasteiger partial charge in [0.2, 0.25) is 28.6 Å². The van der Waals surface area contributed by atoms with E-state index in [1.807, 2.05) is 37.3 Å². The van der Waals surface area contributed by atoms with Crippen LogP contribution >= 0.6 is 23.2 Å². The number of halogens is 2. The van der Waals surface area contributed by atoms with Gasteiger partial charge >= 0.3 is 0 Å². The van der Waals surface area contributed by atoms with Gasteiger partial charge in [-0.3, -0.25) is 13.9 Å². The van der Waals surface area contributed by atoms with Crippen LogP contribution in [0.1, 0.15) is 31.4 Å². The number of carbonyl (C=O) groups is 2. The van der Waals surface area contributed by atoms with E-state index in [4.69, 9.17) is 32.7 Å². The minimum absolute atomic E-state index is 0.00603. The molecule has 1 atom stereocenters. The predicted octanol–water partition coefficient (Wildman–Crippen LogP) is 5.04. The van der Waals surface area contributed by atoms with Crippen LogP contribution in [0, 0.1) is 0 Å². The Hall–Kier alpha value is -3.47. The lowest BCUT2D eigenvalue weighted by molar-refractivity contribution is -0.140. The van der Waals surface area contributed by atoms with E-state index in [1.165, 1.54) is 17.9 Å². The van der Waals surface area contributed by atoms with E-state index in [1.54, 1.807) is 30.3 Å². The topological polar surface area (TPSA) is 105 Å². The Balaban J connectivity index is 1.75. The smallest absolute Gasteiger partial charge is 0.244 e. The molecule has 12 heteroatoms. The van der Waals surface area contributed by atoms with Crippen LogP contribution in [0.4, 0.5) is 5.69 Å². The first kappa shape index (κ1) is 31.5. The average Bonchev–Trinajstić information content (AvgIpc) is 3.46. The molecule has 0 spiro atoms. The van der Waals surface area contributed by atoms with Gasteiger partial charge in [0.1, 0.15) is 12.6 Å². The number of hydrogen-bond donors (Lipinski definition) is 1. The summed E-state index contributed by atoms with van der Waals surface area (Å²) in [6.45, 7) is 3.33. The quantitative estimate of drug-likeness (QED) is 0.283. The number of ether oxygens (including phenoxy) is 2. The third-order valence-corrected chi connectivity index (χ3v) is 9.26. The zero-order chi connectivity index (χ0) is 30.3. The summed E-state index contributed by atoms with van der Waals surface area (Å²) in [5.74, 6) is -0.294. The molecule has 0 bridgehead atoms. The lowest BCUT2D eigenvalue weighted by atomic mass is 10.0. The highest BCUT2D eigenvalue weighted by Crippen LogP contribution is 2.36. The van der Waals surface area contributed by atoms with E-state index >= 15 is 0 Å². The van der Waals surface area contributed by atoms with Crippen molar-refractivity contribution >= 4 is 50.7 Å². The van der Waals surface area contributed by atoms with Crippen molar-refractivity contribution in [1.29, 1.82) is 0 Å². The zero-order valence-corrected chi connectivity index (χ0v) is 25.7. The minimum atomic E-state index is -3.91. The van der Waals surface area contributed by atoms with Gasteiger partial charge in [-0.2, -0.15) is 0 Å². The van der Waals surface area contributed by atoms with Crippen LogP contribution in [0.25, 0.3) is 0 Å². The van der Waals surface area contributed by atoms with Crippen molar-refractivity contribution in [3.05, 3.63) is 87.9 Å². The number of carbonyl (C=O) groups excluding carboxylic acids is 2. The average molecular weight is 635 g/mol. The number of anilines is 1. The highest BCUT2D eigenvalue weighted by Gasteiger charge is 2.34. The van der Waals surface area contributed by atoms with E-state index in [-0.39, 0.29) is 37.1 Å². The van der Waals surface area contributed by atoms with Crippen molar-refractivity contribution in [3.8, 4) is 11.5 Å². The van der Waals surface area contributed by atoms with E-state index in [9.17, 15) is 18.0 Å². The highest BCUT2D eigenvalue weighted by molar-refractivity contribution is 7.92. The molecule has 1 aliphatic heterocycles. The summed E-state index contributed by atoms with van der Waals surface area (Å²) in [6.07, 6.45) is 0.922. The monoisotopic (exact) mass is 633 g/mol. The van der Waals surface area contributed by atoms with Gasteiger partial charge in [0.25, 0.3) is 0 Å². The van der Waals surface area contributed by atoms with Crippen LogP contribution in [0.2, 0.25) is 10.0 Å². The first-order chi connectivity index (χ1) is 20.1. The Kier molecular flexibility index (Phi) is 10.6. The second-order valence-electron chi connectivity index (χ2n) is 9.71. The molecule has 1 heterocycles. The summed E-state index contributed by atoms with van der Waals surface area (Å²) in [5, 5.41) is 3.55. The number of rotatable bonds is 13. The number of fused-ring (bicyclic) bond motifs is 1. The third-order valence-electron chi connectivity index (χ3n) is 6.78. The molecule has 1 unspecified atom stereocenters. The molecule has 9 nitrogen and oxygen atoms in total. The van der Waals surface area contributed by atoms with Crippen molar-refractivity contribution in [2.75, 3.05) is 29.9 Å². The van der Waals surface area contributed by atoms with Crippen LogP contribution < -0.4 is 19.1 Å². The van der Waals surface area contributed by atoms with Crippen molar-refractivity contribution in [2.45, 2.75) is 39.3 Å². The van der Waals surface area contributed by atoms with Crippen LogP contribution in [0.3, 0.4) is 0 Å². The van der Waals surface area contributed by atoms with Crippen LogP contribution in [-0.2, 0) is 32.6 Å². The van der Waals surface area contributed by atoms with Crippen LogP contribution in [-0.4, -0.2) is 56.8 Å². The molecule has 0 radical (unpaired) electrons. The number of hydrogen-bond acceptors (Lipinski definition) is 6. The molecule has 42 heavy (non-hydrogen) atoms. The predicted molar refractivity (Wildman–Crippen MR) is 164 cm³/mol. The Morgan fingerprint density at radius 2 is 1.67 bits per heavy atom. The molecule has 1 aliphatic rings. The molecule has 4 rings (SSSR count). The van der Waals surface area contributed by atoms with Gasteiger partial charge in [-0.1, -0.05) is 66.5 Å². The standard InChI is InChI=1S/C30H33Cl2N3O6S/c1-3-14-33-30(37)26(16-21-8-6-5-7-9-21)34(18-22-10-12-24(31)25(32)15-22)29(36)19-35(42(38,39)4-2)23-11-13-27-28(17-23)41-20-40-27/h5-13,15,17,26H,3-4,14,16,18-20H2,1-2H3,(H,33,37). The fourth-order valence-electron chi connectivity index (χ4n) is 4.51. The van der Waals surface area contributed by atoms with Crippen molar-refractivity contribution in [2.24, 2.45) is 0 Å². The lowest BCUT2D eigenvalue weighted by Crippen LogP contribution is -2.53. The maximum atomic E-state index is 14.2. The molecule has 0 aliphatic carbocycles. The second kappa shape index (κ2) is 14.1. The van der Waals surface area contributed by atoms with E-state index in [0.29, 0.717) is 40.1 Å². The highest BCUT2D eigenvalue weighted by atomic mass is 35.5. The number of sulfonamides is 1. The second-order valence-corrected chi connectivity index (χ2v) is 12.7. The molecule has 1 N–H and O–H groups in total. The SMILES string of the molecule is CCCNC(=O)C(Cc1ccccc1)N(Cc1ccc(Cl)c(Cl)c1)C(=O)CN(c1ccc2c(c1)OCO2)S(=O)(=O)CC. The molecule has 0 aromatic heterocycles. The van der Waals surface area contributed by atoms with Crippen molar-refractivity contribution < 1.29 is 27.5 Å². The fraction of sp³-hybridized carbons (Fsp3) is 0.333. The largest absolute Gasteiger partial charge is 0.454 e. The van der Waals surface area contributed by atoms with Gasteiger partial charge in [0.15, 0.2) is 11.5 Å². The van der Waals surface area contributed by atoms with Gasteiger partial charge in [0, 0.05) is 25.6 Å². The van der Waals surface area contributed by atoms with Gasteiger partial charge in [-0.05, 0) is 48.7 Å². The molecule has 2 amide bonds. The molecule has 224 valence electrons. The summed E-state index contributed by atoms with van der Waals surface area (Å²) in [7, 11) is -3.91. The lowest BCUT2D eigenvalue weighted by Gasteiger charge is -2.34. The van der Waals surface area contributed by atoms with E-state index < -0.39 is 28.5 Å². The van der Waals surface area contributed by atoms with Gasteiger partial charge in [0.05, 0.1) is 21.5 Å². The normalized spacial score (nSPS) is 13.0. The maximum absolute atomic E-state index is 14.2.